The first kappa shape index (κ1) is 20.6. The molecule has 3 atom stereocenters. The average molecular weight is 416 g/mol. The van der Waals surface area contributed by atoms with Gasteiger partial charge in [-0.3, -0.25) is 14.6 Å². The SMILES string of the molecule is Nc1nc2c(c(C#CCNC(=O)C(F)(F)F)nn2[C@H]2C[C@@H](O)[C@@H](CO)O2)c(=O)[nH]1. The Balaban J connectivity index is 1.94. The van der Waals surface area contributed by atoms with E-state index in [0.717, 1.165) is 4.68 Å². The lowest BCUT2D eigenvalue weighted by Gasteiger charge is -2.12. The topological polar surface area (TPSA) is 168 Å². The minimum absolute atomic E-state index is 0.0225. The van der Waals surface area contributed by atoms with Gasteiger partial charge in [0.1, 0.15) is 11.5 Å². The number of fused-ring (bicyclic) bond motifs is 1. The van der Waals surface area contributed by atoms with Crippen LogP contribution in [0, 0.1) is 11.8 Å². The van der Waals surface area contributed by atoms with E-state index in [4.69, 9.17) is 10.5 Å². The number of carbonyl (C=O) groups is 1. The van der Waals surface area contributed by atoms with Crippen molar-refractivity contribution in [1.29, 1.82) is 0 Å². The summed E-state index contributed by atoms with van der Waals surface area (Å²) in [5.41, 5.74) is 4.69. The molecule has 0 radical (unpaired) electrons. The Morgan fingerprint density at radius 1 is 1.48 bits per heavy atom. The molecule has 0 saturated carbocycles. The van der Waals surface area contributed by atoms with Gasteiger partial charge in [-0.05, 0) is 5.92 Å². The summed E-state index contributed by atoms with van der Waals surface area (Å²) in [7, 11) is 0. The van der Waals surface area contributed by atoms with Gasteiger partial charge in [0.05, 0.1) is 19.3 Å². The van der Waals surface area contributed by atoms with Gasteiger partial charge in [-0.1, -0.05) is 5.92 Å². The van der Waals surface area contributed by atoms with Crippen molar-refractivity contribution >= 4 is 22.9 Å². The Morgan fingerprint density at radius 2 is 2.21 bits per heavy atom. The highest BCUT2D eigenvalue weighted by Crippen LogP contribution is 2.30. The molecule has 0 spiro atoms. The maximum Gasteiger partial charge on any atom is 0.471 e. The van der Waals surface area contributed by atoms with E-state index in [1.54, 1.807) is 5.32 Å². The van der Waals surface area contributed by atoms with Crippen LogP contribution in [0.1, 0.15) is 18.3 Å². The molecule has 1 aliphatic rings. The molecule has 0 unspecified atom stereocenters. The second-order valence-electron chi connectivity index (χ2n) is 6.04. The number of nitrogen functional groups attached to an aromatic ring is 1. The number of aliphatic hydroxyl groups is 2. The number of aromatic nitrogens is 4. The molecule has 11 nitrogen and oxygen atoms in total. The Morgan fingerprint density at radius 3 is 2.83 bits per heavy atom. The molecule has 3 rings (SSSR count). The highest BCUT2D eigenvalue weighted by atomic mass is 19.4. The Kier molecular flexibility index (Phi) is 5.46. The lowest BCUT2D eigenvalue weighted by atomic mass is 10.2. The van der Waals surface area contributed by atoms with Crippen molar-refractivity contribution in [1.82, 2.24) is 25.1 Å². The van der Waals surface area contributed by atoms with E-state index in [1.807, 2.05) is 0 Å². The number of nitrogens with two attached hydrogens (primary N) is 1. The fourth-order valence-electron chi connectivity index (χ4n) is 2.73. The molecular weight excluding hydrogens is 401 g/mol. The highest BCUT2D eigenvalue weighted by Gasteiger charge is 2.38. The first-order chi connectivity index (χ1) is 13.6. The number of aromatic amines is 1. The Bertz CT molecular complexity index is 1050. The molecule has 0 aliphatic carbocycles. The largest absolute Gasteiger partial charge is 0.471 e. The average Bonchev–Trinajstić information content (AvgIpc) is 3.17. The number of amides is 1. The van der Waals surface area contributed by atoms with Crippen LogP contribution < -0.4 is 16.6 Å². The summed E-state index contributed by atoms with van der Waals surface area (Å²) in [6.07, 6.45) is -7.76. The van der Waals surface area contributed by atoms with Crippen LogP contribution >= 0.6 is 0 Å². The molecule has 156 valence electrons. The summed E-state index contributed by atoms with van der Waals surface area (Å²) in [6.45, 7) is -1.09. The van der Waals surface area contributed by atoms with Crippen molar-refractivity contribution in [2.75, 3.05) is 18.9 Å². The van der Waals surface area contributed by atoms with Crippen molar-refractivity contribution in [3.8, 4) is 11.8 Å². The van der Waals surface area contributed by atoms with Gasteiger partial charge in [-0.2, -0.15) is 23.3 Å². The van der Waals surface area contributed by atoms with Gasteiger partial charge < -0.3 is 26.0 Å². The number of halogens is 3. The van der Waals surface area contributed by atoms with E-state index < -0.39 is 49.2 Å². The first-order valence-electron chi connectivity index (χ1n) is 8.18. The second-order valence-corrected chi connectivity index (χ2v) is 6.04. The molecule has 1 aliphatic heterocycles. The monoisotopic (exact) mass is 416 g/mol. The summed E-state index contributed by atoms with van der Waals surface area (Å²) in [6, 6.07) is 0. The minimum atomic E-state index is -5.04. The maximum absolute atomic E-state index is 12.3. The third kappa shape index (κ3) is 4.16. The van der Waals surface area contributed by atoms with E-state index in [1.165, 1.54) is 0 Å². The van der Waals surface area contributed by atoms with Gasteiger partial charge in [-0.25, -0.2) is 4.68 Å². The number of ether oxygens (including phenoxy) is 1. The van der Waals surface area contributed by atoms with Gasteiger partial charge in [-0.15, -0.1) is 0 Å². The zero-order valence-corrected chi connectivity index (χ0v) is 14.5. The quantitative estimate of drug-likeness (QED) is 0.372. The minimum Gasteiger partial charge on any atom is -0.394 e. The summed E-state index contributed by atoms with van der Waals surface area (Å²) < 4.78 is 43.2. The number of alkyl halides is 3. The van der Waals surface area contributed by atoms with Crippen LogP contribution in [0.15, 0.2) is 4.79 Å². The van der Waals surface area contributed by atoms with Crippen LogP contribution in [0.25, 0.3) is 11.0 Å². The molecule has 29 heavy (non-hydrogen) atoms. The Labute approximate surface area is 159 Å². The van der Waals surface area contributed by atoms with Gasteiger partial charge in [0.2, 0.25) is 5.95 Å². The van der Waals surface area contributed by atoms with Crippen LogP contribution in [0.5, 0.6) is 0 Å². The molecule has 14 heteroatoms. The van der Waals surface area contributed by atoms with Crippen molar-refractivity contribution in [2.24, 2.45) is 0 Å². The van der Waals surface area contributed by atoms with Gasteiger partial charge in [0, 0.05) is 6.42 Å². The van der Waals surface area contributed by atoms with Crippen LogP contribution in [-0.2, 0) is 9.53 Å². The second kappa shape index (κ2) is 7.70. The number of nitrogens with one attached hydrogen (secondary N) is 2. The summed E-state index contributed by atoms with van der Waals surface area (Å²) in [4.78, 5) is 29.3. The maximum atomic E-state index is 12.3. The van der Waals surface area contributed by atoms with Gasteiger partial charge >= 0.3 is 12.1 Å². The van der Waals surface area contributed by atoms with Gasteiger partial charge in [0.15, 0.2) is 17.6 Å². The number of hydrogen-bond acceptors (Lipinski definition) is 8. The summed E-state index contributed by atoms with van der Waals surface area (Å²) in [5, 5.41) is 24.7. The molecule has 0 bridgehead atoms. The Hall–Kier alpha value is -3.15. The lowest BCUT2D eigenvalue weighted by Crippen LogP contribution is -2.36. The summed E-state index contributed by atoms with van der Waals surface area (Å²) in [5.74, 6) is 2.30. The number of carbonyl (C=O) groups excluding carboxylic acids is 1. The lowest BCUT2D eigenvalue weighted by molar-refractivity contribution is -0.173. The van der Waals surface area contributed by atoms with E-state index in [-0.39, 0.29) is 29.1 Å². The van der Waals surface area contributed by atoms with Crippen LogP contribution in [0.4, 0.5) is 19.1 Å². The molecule has 2 aromatic heterocycles. The normalized spacial score (nSPS) is 21.8. The third-order valence-electron chi connectivity index (χ3n) is 4.04. The number of aliphatic hydroxyl groups excluding tert-OH is 2. The van der Waals surface area contributed by atoms with Crippen LogP contribution in [0.2, 0.25) is 0 Å². The molecule has 2 aromatic rings. The first-order valence-corrected chi connectivity index (χ1v) is 8.18. The van der Waals surface area contributed by atoms with Crippen LogP contribution in [-0.4, -0.2) is 67.4 Å². The predicted molar refractivity (Wildman–Crippen MR) is 90.1 cm³/mol. The van der Waals surface area contributed by atoms with Crippen molar-refractivity contribution in [3.05, 3.63) is 16.0 Å². The van der Waals surface area contributed by atoms with Crippen molar-refractivity contribution < 1.29 is 32.9 Å². The molecule has 1 saturated heterocycles. The number of rotatable bonds is 3. The number of H-pyrrole nitrogens is 1. The fraction of sp³-hybridized carbons (Fsp3) is 0.467. The summed E-state index contributed by atoms with van der Waals surface area (Å²) >= 11 is 0. The number of hydrogen-bond donors (Lipinski definition) is 5. The highest BCUT2D eigenvalue weighted by molar-refractivity contribution is 5.82. The molecule has 6 N–H and O–H groups in total. The fourth-order valence-corrected chi connectivity index (χ4v) is 2.73. The standard InChI is InChI=1S/C15H15F3N6O5/c16-15(17,18)13(28)20-3-1-2-6-10-11(21-14(19)22-12(10)27)24(23-6)9-4-7(26)8(5-25)29-9/h7-9,25-26H,3-5H2,(H,20,28)(H3,19,21,22,27)/t7-,8-,9-/m1/s1. The zero-order valence-electron chi connectivity index (χ0n) is 14.5. The van der Waals surface area contributed by atoms with E-state index in [0.29, 0.717) is 0 Å². The van der Waals surface area contributed by atoms with Gasteiger partial charge in [0.25, 0.3) is 5.56 Å². The zero-order chi connectivity index (χ0) is 21.3. The third-order valence-corrected chi connectivity index (χ3v) is 4.04. The smallest absolute Gasteiger partial charge is 0.394 e. The van der Waals surface area contributed by atoms with E-state index >= 15 is 0 Å². The van der Waals surface area contributed by atoms with E-state index in [2.05, 4.69) is 26.9 Å². The molecular formula is C15H15F3N6O5. The molecule has 1 amide bonds. The van der Waals surface area contributed by atoms with Crippen molar-refractivity contribution in [3.63, 3.8) is 0 Å². The molecule has 1 fully saturated rings. The van der Waals surface area contributed by atoms with Crippen molar-refractivity contribution in [2.45, 2.75) is 31.0 Å². The number of anilines is 1. The molecule has 3 heterocycles. The molecule has 0 aromatic carbocycles. The van der Waals surface area contributed by atoms with Crippen LogP contribution in [0.3, 0.4) is 0 Å². The number of nitrogens with zero attached hydrogens (tertiary/aromatic N) is 3. The van der Waals surface area contributed by atoms with E-state index in [9.17, 15) is 33.0 Å². The predicted octanol–water partition coefficient (Wildman–Crippen LogP) is -1.63.